The number of benzene rings is 2. The zero-order valence-electron chi connectivity index (χ0n) is 17.8. The lowest BCUT2D eigenvalue weighted by molar-refractivity contribution is -0.483. The van der Waals surface area contributed by atoms with E-state index in [1.807, 2.05) is 74.5 Å². The highest BCUT2D eigenvalue weighted by molar-refractivity contribution is 5.94. The van der Waals surface area contributed by atoms with Gasteiger partial charge in [-0.3, -0.25) is 10.1 Å². The van der Waals surface area contributed by atoms with Gasteiger partial charge in [-0.25, -0.2) is 0 Å². The molecule has 0 saturated carbocycles. The number of hydrogen-bond donors (Lipinski definition) is 0. The van der Waals surface area contributed by atoms with Gasteiger partial charge < -0.3 is 0 Å². The Hall–Kier alpha value is -3.46. The minimum absolute atomic E-state index is 0.179. The van der Waals surface area contributed by atoms with Crippen molar-refractivity contribution in [2.24, 2.45) is 5.92 Å². The molecule has 3 nitrogen and oxygen atoms in total. The van der Waals surface area contributed by atoms with Crippen LogP contribution in [0.4, 0.5) is 0 Å². The largest absolute Gasteiger partial charge is 0.265 e. The monoisotopic (exact) mass is 399 g/mol. The molecule has 0 heterocycles. The molecular weight excluding hydrogens is 370 g/mol. The molecule has 2 rings (SSSR count). The van der Waals surface area contributed by atoms with Crippen molar-refractivity contribution in [3.05, 3.63) is 131 Å². The summed E-state index contributed by atoms with van der Waals surface area (Å²) in [6.45, 7) is 11.5. The molecule has 0 saturated heterocycles. The highest BCUT2D eigenvalue weighted by Crippen LogP contribution is 2.39. The van der Waals surface area contributed by atoms with Crippen LogP contribution in [0.1, 0.15) is 30.0 Å². The predicted octanol–water partition coefficient (Wildman–Crippen LogP) is 7.06. The average Bonchev–Trinajstić information content (AvgIpc) is 2.74. The van der Waals surface area contributed by atoms with Gasteiger partial charge in [0.1, 0.15) is 0 Å². The molecule has 0 amide bonds. The van der Waals surface area contributed by atoms with Gasteiger partial charge in [0.15, 0.2) is 0 Å². The van der Waals surface area contributed by atoms with E-state index in [4.69, 9.17) is 0 Å². The van der Waals surface area contributed by atoms with E-state index in [1.165, 1.54) is 0 Å². The summed E-state index contributed by atoms with van der Waals surface area (Å²) in [5.74, 6) is -0.370. The Bertz CT molecular complexity index is 981. The second-order valence-electron chi connectivity index (χ2n) is 7.17. The fourth-order valence-corrected chi connectivity index (χ4v) is 3.62. The Morgan fingerprint density at radius 3 is 2.33 bits per heavy atom. The van der Waals surface area contributed by atoms with Crippen molar-refractivity contribution in [1.82, 2.24) is 0 Å². The second kappa shape index (κ2) is 11.5. The van der Waals surface area contributed by atoms with Crippen LogP contribution in [0, 0.1) is 23.0 Å². The predicted molar refractivity (Wildman–Crippen MR) is 128 cm³/mol. The van der Waals surface area contributed by atoms with Gasteiger partial charge in [-0.05, 0) is 48.1 Å². The van der Waals surface area contributed by atoms with Crippen molar-refractivity contribution < 1.29 is 4.92 Å². The number of aryl methyl sites for hydroxylation is 1. The van der Waals surface area contributed by atoms with Crippen molar-refractivity contribution in [2.75, 3.05) is 6.54 Å². The first-order chi connectivity index (χ1) is 14.5. The molecule has 0 aliphatic rings. The van der Waals surface area contributed by atoms with Crippen LogP contribution in [0.2, 0.25) is 0 Å². The van der Waals surface area contributed by atoms with Gasteiger partial charge in [0, 0.05) is 4.92 Å². The van der Waals surface area contributed by atoms with E-state index in [2.05, 4.69) is 31.4 Å². The van der Waals surface area contributed by atoms with E-state index in [0.29, 0.717) is 6.42 Å². The Morgan fingerprint density at radius 1 is 1.07 bits per heavy atom. The molecule has 2 aromatic carbocycles. The Morgan fingerprint density at radius 2 is 1.73 bits per heavy atom. The highest BCUT2D eigenvalue weighted by atomic mass is 16.6. The molecule has 0 bridgehead atoms. The van der Waals surface area contributed by atoms with E-state index in [-0.39, 0.29) is 17.4 Å². The van der Waals surface area contributed by atoms with Crippen LogP contribution in [0.5, 0.6) is 0 Å². The molecular formula is C27H29NO2. The third-order valence-corrected chi connectivity index (χ3v) is 5.07. The van der Waals surface area contributed by atoms with Crippen LogP contribution in [-0.4, -0.2) is 11.5 Å². The summed E-state index contributed by atoms with van der Waals surface area (Å²) in [5, 5.41) is 11.7. The summed E-state index contributed by atoms with van der Waals surface area (Å²) in [5.41, 5.74) is 6.15. The SMILES string of the molecule is C=C/C=C\C=C(/C)C(C[N+](=O)[O-])/C(=C(/CC=C)c1ccccc1)c1ccccc1C. The van der Waals surface area contributed by atoms with E-state index >= 15 is 0 Å². The summed E-state index contributed by atoms with van der Waals surface area (Å²) in [6.07, 6.45) is 9.81. The number of nitro groups is 1. The Labute approximate surface area is 179 Å². The summed E-state index contributed by atoms with van der Waals surface area (Å²) in [6, 6.07) is 18.1. The van der Waals surface area contributed by atoms with Crippen molar-refractivity contribution in [2.45, 2.75) is 20.3 Å². The van der Waals surface area contributed by atoms with Gasteiger partial charge in [-0.15, -0.1) is 6.58 Å². The quantitative estimate of drug-likeness (QED) is 0.141. The number of allylic oxidation sites excluding steroid dienone is 6. The lowest BCUT2D eigenvalue weighted by atomic mass is 9.79. The normalized spacial score (nSPS) is 13.6. The third kappa shape index (κ3) is 6.02. The molecule has 1 atom stereocenters. The molecule has 30 heavy (non-hydrogen) atoms. The lowest BCUT2D eigenvalue weighted by Crippen LogP contribution is -2.19. The van der Waals surface area contributed by atoms with Crippen molar-refractivity contribution in [1.29, 1.82) is 0 Å². The Kier molecular flexibility index (Phi) is 8.76. The maximum Gasteiger partial charge on any atom is 0.214 e. The van der Waals surface area contributed by atoms with Crippen molar-refractivity contribution >= 4 is 11.1 Å². The molecule has 0 aliphatic carbocycles. The summed E-state index contributed by atoms with van der Waals surface area (Å²) < 4.78 is 0. The number of nitrogens with zero attached hydrogens (tertiary/aromatic N) is 1. The number of rotatable bonds is 10. The van der Waals surface area contributed by atoms with Crippen LogP contribution in [0.3, 0.4) is 0 Å². The van der Waals surface area contributed by atoms with E-state index in [0.717, 1.165) is 33.4 Å². The van der Waals surface area contributed by atoms with E-state index in [1.54, 1.807) is 6.08 Å². The smallest absolute Gasteiger partial charge is 0.214 e. The Balaban J connectivity index is 2.86. The lowest BCUT2D eigenvalue weighted by Gasteiger charge is -2.24. The molecule has 154 valence electrons. The first-order valence-electron chi connectivity index (χ1n) is 10.0. The van der Waals surface area contributed by atoms with Crippen LogP contribution < -0.4 is 0 Å². The zero-order valence-corrected chi connectivity index (χ0v) is 17.8. The second-order valence-corrected chi connectivity index (χ2v) is 7.17. The molecule has 0 spiro atoms. The molecule has 0 aliphatic heterocycles. The highest BCUT2D eigenvalue weighted by Gasteiger charge is 2.27. The molecule has 0 aromatic heterocycles. The summed E-state index contributed by atoms with van der Waals surface area (Å²) in [7, 11) is 0. The minimum Gasteiger partial charge on any atom is -0.265 e. The third-order valence-electron chi connectivity index (χ3n) is 5.07. The molecule has 1 unspecified atom stereocenters. The van der Waals surface area contributed by atoms with Gasteiger partial charge in [0.05, 0.1) is 5.92 Å². The average molecular weight is 400 g/mol. The molecule has 0 radical (unpaired) electrons. The maximum atomic E-state index is 11.7. The topological polar surface area (TPSA) is 43.1 Å². The molecule has 0 fully saturated rings. The van der Waals surface area contributed by atoms with Crippen molar-refractivity contribution in [3.8, 4) is 0 Å². The van der Waals surface area contributed by atoms with Gasteiger partial charge in [0.2, 0.25) is 6.54 Å². The molecule has 3 heteroatoms. The summed E-state index contributed by atoms with van der Waals surface area (Å²) >= 11 is 0. The molecule has 0 N–H and O–H groups in total. The van der Waals surface area contributed by atoms with E-state index in [9.17, 15) is 10.1 Å². The zero-order chi connectivity index (χ0) is 21.9. The van der Waals surface area contributed by atoms with Crippen molar-refractivity contribution in [3.63, 3.8) is 0 Å². The van der Waals surface area contributed by atoms with Gasteiger partial charge in [-0.1, -0.05) is 97.1 Å². The van der Waals surface area contributed by atoms with Gasteiger partial charge in [0.25, 0.3) is 0 Å². The van der Waals surface area contributed by atoms with Crippen LogP contribution in [-0.2, 0) is 0 Å². The molecule has 2 aromatic rings. The van der Waals surface area contributed by atoms with Crippen LogP contribution in [0.15, 0.2) is 104 Å². The summed E-state index contributed by atoms with van der Waals surface area (Å²) in [4.78, 5) is 11.5. The fourth-order valence-electron chi connectivity index (χ4n) is 3.62. The first kappa shape index (κ1) is 22.8. The van der Waals surface area contributed by atoms with Crippen LogP contribution in [0.25, 0.3) is 11.1 Å². The van der Waals surface area contributed by atoms with Gasteiger partial charge >= 0.3 is 0 Å². The van der Waals surface area contributed by atoms with Gasteiger partial charge in [-0.2, -0.15) is 0 Å². The maximum absolute atomic E-state index is 11.7. The van der Waals surface area contributed by atoms with Crippen LogP contribution >= 0.6 is 0 Å². The minimum atomic E-state index is -0.370. The standard InChI is InChI=1S/C27H29NO2/c1-5-7-9-15-22(4)26(20-28(29)30)27(24-19-13-12-16-21(24)3)25(14-6-2)23-17-10-8-11-18-23/h5-13,15-19,26H,1-2,14,20H2,3-4H3/b9-7-,22-15+,27-25-. The first-order valence-corrected chi connectivity index (χ1v) is 10.0. The van der Waals surface area contributed by atoms with E-state index < -0.39 is 0 Å². The fraction of sp³-hybridized carbons (Fsp3) is 0.185. The number of hydrogen-bond acceptors (Lipinski definition) is 2.